The minimum Gasteiger partial charge on any atom is -0.385 e. The van der Waals surface area contributed by atoms with Crippen molar-refractivity contribution in [2.45, 2.75) is 31.8 Å². The Balaban J connectivity index is 2.70. The Morgan fingerprint density at radius 1 is 1.57 bits per heavy atom. The van der Waals surface area contributed by atoms with Gasteiger partial charge in [-0.05, 0) is 25.4 Å². The normalized spacial score (nSPS) is 14.4. The molecule has 1 rings (SSSR count). The van der Waals surface area contributed by atoms with Gasteiger partial charge in [0.05, 0.1) is 10.7 Å². The molecule has 1 aromatic rings. The zero-order chi connectivity index (χ0) is 10.9. The van der Waals surface area contributed by atoms with Gasteiger partial charge in [-0.15, -0.1) is 11.3 Å². The molecule has 2 nitrogen and oxygen atoms in total. The number of nitrogens with zero attached hydrogens (tertiary/aromatic N) is 1. The van der Waals surface area contributed by atoms with Crippen molar-refractivity contribution in [3.05, 3.63) is 15.6 Å². The van der Waals surface area contributed by atoms with E-state index in [1.165, 1.54) is 11.3 Å². The highest BCUT2D eigenvalue weighted by atomic mass is 35.5. The van der Waals surface area contributed by atoms with Gasteiger partial charge in [-0.2, -0.15) is 8.78 Å². The van der Waals surface area contributed by atoms with Crippen LogP contribution in [0, 0.1) is 13.8 Å². The van der Waals surface area contributed by atoms with Crippen LogP contribution in [0.3, 0.4) is 0 Å². The van der Waals surface area contributed by atoms with Crippen LogP contribution in [0.25, 0.3) is 0 Å². The van der Waals surface area contributed by atoms with Crippen LogP contribution in [0.5, 0.6) is 0 Å². The van der Waals surface area contributed by atoms with Crippen LogP contribution in [0.4, 0.5) is 8.78 Å². The van der Waals surface area contributed by atoms with Crippen molar-refractivity contribution in [2.75, 3.05) is 0 Å². The molecule has 0 saturated heterocycles. The predicted molar refractivity (Wildman–Crippen MR) is 52.1 cm³/mol. The van der Waals surface area contributed by atoms with Gasteiger partial charge < -0.3 is 5.11 Å². The average molecular weight is 242 g/mol. The predicted octanol–water partition coefficient (Wildman–Crippen LogP) is 2.49. The fraction of sp³-hybridized carbons (Fsp3) is 0.625. The fourth-order valence-corrected chi connectivity index (χ4v) is 1.96. The second kappa shape index (κ2) is 4.08. The maximum absolute atomic E-state index is 12.4. The number of halogens is 3. The van der Waals surface area contributed by atoms with Crippen LogP contribution in [0.2, 0.25) is 0 Å². The van der Waals surface area contributed by atoms with E-state index in [4.69, 9.17) is 5.11 Å². The van der Waals surface area contributed by atoms with Gasteiger partial charge in [0, 0.05) is 11.3 Å². The molecule has 14 heavy (non-hydrogen) atoms. The summed E-state index contributed by atoms with van der Waals surface area (Å²) in [6.07, 6.45) is -2.09. The summed E-state index contributed by atoms with van der Waals surface area (Å²) >= 11 is 5.97. The number of rotatable bonds is 3. The van der Waals surface area contributed by atoms with Crippen molar-refractivity contribution in [3.63, 3.8) is 0 Å². The quantitative estimate of drug-likeness (QED) is 0.825. The summed E-state index contributed by atoms with van der Waals surface area (Å²) in [6.45, 7) is 3.64. The summed E-state index contributed by atoms with van der Waals surface area (Å²) in [5.41, 5.74) is 0.801. The molecule has 1 aromatic heterocycles. The molecule has 0 spiro atoms. The van der Waals surface area contributed by atoms with Crippen LogP contribution >= 0.6 is 22.9 Å². The Labute approximate surface area is 89.5 Å². The molecule has 0 bridgehead atoms. The lowest BCUT2D eigenvalue weighted by atomic mass is 10.3. The summed E-state index contributed by atoms with van der Waals surface area (Å²) in [4.78, 5) is 4.99. The van der Waals surface area contributed by atoms with E-state index in [1.54, 1.807) is 6.92 Å². The first-order chi connectivity index (χ1) is 6.30. The maximum atomic E-state index is 12.4. The third-order valence-corrected chi connectivity index (χ3v) is 3.17. The molecule has 1 unspecified atom stereocenters. The number of thiazole rings is 1. The largest absolute Gasteiger partial charge is 0.385 e. The molecule has 0 radical (unpaired) electrons. The number of hydrogen-bond donors (Lipinski definition) is 1. The SMILES string of the molecule is Cc1nc(CC(O)C(F)(F)Cl)sc1C. The third kappa shape index (κ3) is 2.87. The molecular weight excluding hydrogens is 232 g/mol. The monoisotopic (exact) mass is 241 g/mol. The minimum atomic E-state index is -3.59. The summed E-state index contributed by atoms with van der Waals surface area (Å²) < 4.78 is 24.8. The minimum absolute atomic E-state index is 0.212. The highest BCUT2D eigenvalue weighted by Gasteiger charge is 2.36. The van der Waals surface area contributed by atoms with E-state index in [9.17, 15) is 8.78 Å². The first-order valence-corrected chi connectivity index (χ1v) is 5.18. The lowest BCUT2D eigenvalue weighted by molar-refractivity contribution is -0.0397. The molecule has 0 aliphatic heterocycles. The zero-order valence-electron chi connectivity index (χ0n) is 7.72. The van der Waals surface area contributed by atoms with E-state index >= 15 is 0 Å². The lowest BCUT2D eigenvalue weighted by Crippen LogP contribution is -2.29. The van der Waals surface area contributed by atoms with Crippen molar-refractivity contribution < 1.29 is 13.9 Å². The third-order valence-electron chi connectivity index (χ3n) is 1.82. The molecule has 1 N–H and O–H groups in total. The van der Waals surface area contributed by atoms with E-state index in [-0.39, 0.29) is 6.42 Å². The Morgan fingerprint density at radius 2 is 2.14 bits per heavy atom. The number of aryl methyl sites for hydroxylation is 2. The average Bonchev–Trinajstić information content (AvgIpc) is 2.29. The van der Waals surface area contributed by atoms with Gasteiger partial charge in [-0.25, -0.2) is 4.98 Å². The Hall–Kier alpha value is -0.260. The van der Waals surface area contributed by atoms with Gasteiger partial charge in [0.1, 0.15) is 6.10 Å². The second-order valence-corrected chi connectivity index (χ2v) is 4.80. The standard InChI is InChI=1S/C8H10ClF2NOS/c1-4-5(2)14-7(12-4)3-6(13)8(9,10)11/h6,13H,3H2,1-2H3. The number of aliphatic hydroxyl groups excluding tert-OH is 1. The fourth-order valence-electron chi connectivity index (χ4n) is 0.908. The van der Waals surface area contributed by atoms with Crippen LogP contribution in [0.1, 0.15) is 15.6 Å². The number of hydrogen-bond acceptors (Lipinski definition) is 3. The first kappa shape index (κ1) is 11.8. The van der Waals surface area contributed by atoms with Gasteiger partial charge in [0.15, 0.2) is 0 Å². The molecule has 0 amide bonds. The molecule has 1 heterocycles. The molecule has 1 atom stereocenters. The van der Waals surface area contributed by atoms with Crippen molar-refractivity contribution in [1.82, 2.24) is 4.98 Å². The summed E-state index contributed by atoms with van der Waals surface area (Å²) in [5.74, 6) is 0. The molecule has 80 valence electrons. The number of aromatic nitrogens is 1. The van der Waals surface area contributed by atoms with E-state index < -0.39 is 11.5 Å². The number of aliphatic hydroxyl groups is 1. The van der Waals surface area contributed by atoms with E-state index in [0.29, 0.717) is 5.01 Å². The summed E-state index contributed by atoms with van der Waals surface area (Å²) in [6, 6.07) is 0. The molecule has 0 aromatic carbocycles. The van der Waals surface area contributed by atoms with Crippen LogP contribution in [-0.2, 0) is 6.42 Å². The van der Waals surface area contributed by atoms with Gasteiger partial charge >= 0.3 is 5.38 Å². The molecular formula is C8H10ClF2NOS. The Kier molecular flexibility index (Phi) is 3.44. The van der Waals surface area contributed by atoms with E-state index in [1.807, 2.05) is 6.92 Å². The van der Waals surface area contributed by atoms with Crippen LogP contribution in [-0.4, -0.2) is 21.6 Å². The molecule has 0 saturated carbocycles. The van der Waals surface area contributed by atoms with Gasteiger partial charge in [-0.3, -0.25) is 0 Å². The first-order valence-electron chi connectivity index (χ1n) is 3.98. The molecule has 0 aliphatic rings. The Morgan fingerprint density at radius 3 is 2.50 bits per heavy atom. The molecule has 0 fully saturated rings. The highest BCUT2D eigenvalue weighted by molar-refractivity contribution is 7.11. The van der Waals surface area contributed by atoms with Crippen LogP contribution in [0.15, 0.2) is 0 Å². The smallest absolute Gasteiger partial charge is 0.347 e. The number of alkyl halides is 3. The lowest BCUT2D eigenvalue weighted by Gasteiger charge is -2.13. The van der Waals surface area contributed by atoms with Crippen molar-refractivity contribution in [1.29, 1.82) is 0 Å². The van der Waals surface area contributed by atoms with Crippen molar-refractivity contribution in [3.8, 4) is 0 Å². The van der Waals surface area contributed by atoms with E-state index in [2.05, 4.69) is 16.6 Å². The summed E-state index contributed by atoms with van der Waals surface area (Å²) in [7, 11) is 0. The maximum Gasteiger partial charge on any atom is 0.347 e. The topological polar surface area (TPSA) is 33.1 Å². The molecule has 0 aliphatic carbocycles. The van der Waals surface area contributed by atoms with Gasteiger partial charge in [0.2, 0.25) is 0 Å². The van der Waals surface area contributed by atoms with Crippen molar-refractivity contribution in [2.24, 2.45) is 0 Å². The summed E-state index contributed by atoms with van der Waals surface area (Å²) in [5, 5.41) is 5.91. The van der Waals surface area contributed by atoms with E-state index in [0.717, 1.165) is 10.6 Å². The Bertz CT molecular complexity index is 304. The zero-order valence-corrected chi connectivity index (χ0v) is 9.29. The van der Waals surface area contributed by atoms with Crippen LogP contribution < -0.4 is 0 Å². The van der Waals surface area contributed by atoms with Crippen molar-refractivity contribution >= 4 is 22.9 Å². The second-order valence-electron chi connectivity index (χ2n) is 3.01. The van der Waals surface area contributed by atoms with Gasteiger partial charge in [-0.1, -0.05) is 0 Å². The van der Waals surface area contributed by atoms with Gasteiger partial charge in [0.25, 0.3) is 0 Å². The molecule has 6 heteroatoms. The highest BCUT2D eigenvalue weighted by Crippen LogP contribution is 2.27.